The van der Waals surface area contributed by atoms with Crippen molar-refractivity contribution in [3.8, 4) is 6.07 Å². The van der Waals surface area contributed by atoms with E-state index in [-0.39, 0.29) is 0 Å². The van der Waals surface area contributed by atoms with Gasteiger partial charge in [-0.2, -0.15) is 5.26 Å². The van der Waals surface area contributed by atoms with Crippen molar-refractivity contribution in [3.05, 3.63) is 52.0 Å². The molecule has 1 aliphatic heterocycles. The largest absolute Gasteiger partial charge is 0.382 e. The highest BCUT2D eigenvalue weighted by Gasteiger charge is 2.19. The summed E-state index contributed by atoms with van der Waals surface area (Å²) in [7, 11) is 0. The van der Waals surface area contributed by atoms with E-state index >= 15 is 0 Å². The molecule has 1 heterocycles. The molecule has 0 fully saturated rings. The molecule has 0 unspecified atom stereocenters. The molecule has 0 aliphatic carbocycles. The van der Waals surface area contributed by atoms with Crippen LogP contribution in [0.1, 0.15) is 11.1 Å². The molecule has 1 aliphatic rings. The van der Waals surface area contributed by atoms with Crippen LogP contribution in [0.3, 0.4) is 0 Å². The molecule has 0 atom stereocenters. The quantitative estimate of drug-likeness (QED) is 0.853. The maximum atomic E-state index is 9.00. The Bertz CT molecular complexity index is 703. The summed E-state index contributed by atoms with van der Waals surface area (Å²) in [5.41, 5.74) is 5.20. The average molecular weight is 328 g/mol. The summed E-state index contributed by atoms with van der Waals surface area (Å²) in [6.07, 6.45) is 0. The predicted molar refractivity (Wildman–Crippen MR) is 85.5 cm³/mol. The molecular formula is C16H14BrN3. The lowest BCUT2D eigenvalue weighted by atomic mass is 10.1. The summed E-state index contributed by atoms with van der Waals surface area (Å²) in [4.78, 5) is 2.27. The first kappa shape index (κ1) is 13.0. The van der Waals surface area contributed by atoms with Gasteiger partial charge in [0.1, 0.15) is 0 Å². The third-order valence-corrected chi connectivity index (χ3v) is 4.10. The van der Waals surface area contributed by atoms with Crippen LogP contribution in [0.25, 0.3) is 0 Å². The van der Waals surface area contributed by atoms with E-state index in [1.54, 1.807) is 0 Å². The molecule has 0 saturated heterocycles. The van der Waals surface area contributed by atoms with E-state index in [0.29, 0.717) is 5.56 Å². The van der Waals surface area contributed by atoms with Gasteiger partial charge in [0, 0.05) is 17.6 Å². The van der Waals surface area contributed by atoms with Gasteiger partial charge in [0.15, 0.2) is 0 Å². The molecule has 2 aromatic carbocycles. The molecular weight excluding hydrogens is 314 g/mol. The maximum absolute atomic E-state index is 9.00. The molecule has 0 amide bonds. The normalized spacial score (nSPS) is 13.3. The van der Waals surface area contributed by atoms with Gasteiger partial charge in [0.25, 0.3) is 0 Å². The number of fused-ring (bicyclic) bond motifs is 1. The number of hydrogen-bond donors (Lipinski definition) is 1. The number of aryl methyl sites for hydroxylation is 1. The van der Waals surface area contributed by atoms with Gasteiger partial charge in [-0.3, -0.25) is 0 Å². The van der Waals surface area contributed by atoms with E-state index in [4.69, 9.17) is 5.26 Å². The minimum Gasteiger partial charge on any atom is -0.382 e. The smallest absolute Gasteiger partial charge is 0.0992 e. The van der Waals surface area contributed by atoms with Crippen molar-refractivity contribution < 1.29 is 0 Å². The fraction of sp³-hybridized carbons (Fsp3) is 0.188. The molecule has 0 saturated carbocycles. The number of hydrogen-bond acceptors (Lipinski definition) is 3. The van der Waals surface area contributed by atoms with E-state index in [0.717, 1.165) is 34.6 Å². The molecule has 20 heavy (non-hydrogen) atoms. The molecule has 100 valence electrons. The summed E-state index contributed by atoms with van der Waals surface area (Å²) in [5, 5.41) is 12.4. The zero-order chi connectivity index (χ0) is 14.1. The van der Waals surface area contributed by atoms with Crippen LogP contribution in [0, 0.1) is 18.3 Å². The van der Waals surface area contributed by atoms with Crippen molar-refractivity contribution in [2.45, 2.75) is 6.92 Å². The van der Waals surface area contributed by atoms with Gasteiger partial charge >= 0.3 is 0 Å². The van der Waals surface area contributed by atoms with Gasteiger partial charge in [-0.15, -0.1) is 0 Å². The van der Waals surface area contributed by atoms with Gasteiger partial charge in [0.05, 0.1) is 28.7 Å². The van der Waals surface area contributed by atoms with Crippen LogP contribution < -0.4 is 10.2 Å². The number of nitriles is 1. The molecule has 0 bridgehead atoms. The summed E-state index contributed by atoms with van der Waals surface area (Å²) in [5.74, 6) is 0. The lowest BCUT2D eigenvalue weighted by Gasteiger charge is -2.33. The Morgan fingerprint density at radius 1 is 1.20 bits per heavy atom. The first-order valence-electron chi connectivity index (χ1n) is 6.51. The second-order valence-corrected chi connectivity index (χ2v) is 5.73. The molecule has 0 aromatic heterocycles. The second-order valence-electron chi connectivity index (χ2n) is 4.88. The highest BCUT2D eigenvalue weighted by molar-refractivity contribution is 9.10. The van der Waals surface area contributed by atoms with E-state index in [1.807, 2.05) is 18.2 Å². The van der Waals surface area contributed by atoms with E-state index in [1.165, 1.54) is 5.56 Å². The lowest BCUT2D eigenvalue weighted by Crippen LogP contribution is -2.30. The minimum absolute atomic E-state index is 0.682. The zero-order valence-electron chi connectivity index (χ0n) is 11.2. The Kier molecular flexibility index (Phi) is 3.37. The standard InChI is InChI=1S/C16H14BrN3/c1-11-2-4-15(13(17)8-11)20-7-6-19-14-9-12(10-18)3-5-16(14)20/h2-5,8-9,19H,6-7H2,1H3. The molecule has 0 radical (unpaired) electrons. The van der Waals surface area contributed by atoms with Crippen molar-refractivity contribution in [2.24, 2.45) is 0 Å². The number of rotatable bonds is 1. The van der Waals surface area contributed by atoms with Gasteiger partial charge in [-0.05, 0) is 58.7 Å². The topological polar surface area (TPSA) is 39.1 Å². The Morgan fingerprint density at radius 2 is 2.00 bits per heavy atom. The van der Waals surface area contributed by atoms with Gasteiger partial charge < -0.3 is 10.2 Å². The fourth-order valence-corrected chi connectivity index (χ4v) is 3.19. The lowest BCUT2D eigenvalue weighted by molar-refractivity contribution is 0.924. The summed E-state index contributed by atoms with van der Waals surface area (Å²) in [6, 6.07) is 14.3. The van der Waals surface area contributed by atoms with E-state index in [2.05, 4.69) is 57.3 Å². The molecule has 1 N–H and O–H groups in total. The van der Waals surface area contributed by atoms with Crippen LogP contribution in [0.4, 0.5) is 17.1 Å². The Labute approximate surface area is 127 Å². The third-order valence-electron chi connectivity index (χ3n) is 3.46. The minimum atomic E-state index is 0.682. The number of nitrogens with one attached hydrogen (secondary N) is 1. The third kappa shape index (κ3) is 2.25. The SMILES string of the molecule is Cc1ccc(N2CCNc3cc(C#N)ccc32)c(Br)c1. The zero-order valence-corrected chi connectivity index (χ0v) is 12.7. The van der Waals surface area contributed by atoms with Crippen LogP contribution in [-0.4, -0.2) is 13.1 Å². The van der Waals surface area contributed by atoms with Gasteiger partial charge in [-0.1, -0.05) is 6.07 Å². The number of anilines is 3. The molecule has 0 spiro atoms. The van der Waals surface area contributed by atoms with Crippen LogP contribution >= 0.6 is 15.9 Å². The predicted octanol–water partition coefficient (Wildman–Crippen LogP) is 4.19. The van der Waals surface area contributed by atoms with E-state index < -0.39 is 0 Å². The van der Waals surface area contributed by atoms with Crippen molar-refractivity contribution in [1.82, 2.24) is 0 Å². The van der Waals surface area contributed by atoms with Crippen molar-refractivity contribution >= 4 is 33.0 Å². The van der Waals surface area contributed by atoms with Crippen LogP contribution in [-0.2, 0) is 0 Å². The van der Waals surface area contributed by atoms with Crippen molar-refractivity contribution in [2.75, 3.05) is 23.3 Å². The summed E-state index contributed by atoms with van der Waals surface area (Å²) < 4.78 is 1.09. The van der Waals surface area contributed by atoms with Crippen molar-refractivity contribution in [1.29, 1.82) is 5.26 Å². The summed E-state index contributed by atoms with van der Waals surface area (Å²) >= 11 is 3.65. The molecule has 4 heteroatoms. The van der Waals surface area contributed by atoms with Crippen molar-refractivity contribution in [3.63, 3.8) is 0 Å². The maximum Gasteiger partial charge on any atom is 0.0992 e. The van der Waals surface area contributed by atoms with E-state index in [9.17, 15) is 0 Å². The number of nitrogens with zero attached hydrogens (tertiary/aromatic N) is 2. The first-order valence-corrected chi connectivity index (χ1v) is 7.30. The summed E-state index contributed by atoms with van der Waals surface area (Å²) in [6.45, 7) is 3.85. The first-order chi connectivity index (χ1) is 9.69. The number of benzene rings is 2. The van der Waals surface area contributed by atoms with Crippen LogP contribution in [0.2, 0.25) is 0 Å². The molecule has 2 aromatic rings. The van der Waals surface area contributed by atoms with Crippen LogP contribution in [0.15, 0.2) is 40.9 Å². The number of halogens is 1. The Hall–Kier alpha value is -1.99. The highest BCUT2D eigenvalue weighted by atomic mass is 79.9. The fourth-order valence-electron chi connectivity index (χ4n) is 2.49. The Balaban J connectivity index is 2.08. The second kappa shape index (κ2) is 5.18. The van der Waals surface area contributed by atoms with Gasteiger partial charge in [0.2, 0.25) is 0 Å². The average Bonchev–Trinajstić information content (AvgIpc) is 2.46. The molecule has 3 rings (SSSR count). The molecule has 3 nitrogen and oxygen atoms in total. The van der Waals surface area contributed by atoms with Gasteiger partial charge in [-0.25, -0.2) is 0 Å². The highest BCUT2D eigenvalue weighted by Crippen LogP contribution is 2.38. The van der Waals surface area contributed by atoms with Crippen LogP contribution in [0.5, 0.6) is 0 Å². The monoisotopic (exact) mass is 327 g/mol. The Morgan fingerprint density at radius 3 is 2.75 bits per heavy atom.